The SMILES string of the molecule is CCOC(=O)CCN1CCC(CNC(=O)N2C(=O)C(C)(C)c3ccccc32)CC1. The molecule has 1 aromatic carbocycles. The van der Waals surface area contributed by atoms with Crippen molar-refractivity contribution in [2.24, 2.45) is 5.92 Å². The van der Waals surface area contributed by atoms with Crippen LogP contribution in [0.5, 0.6) is 0 Å². The second kappa shape index (κ2) is 8.95. The van der Waals surface area contributed by atoms with Crippen LogP contribution in [0.3, 0.4) is 0 Å². The van der Waals surface area contributed by atoms with Crippen LogP contribution in [0.2, 0.25) is 0 Å². The number of hydrogen-bond acceptors (Lipinski definition) is 5. The van der Waals surface area contributed by atoms with Crippen LogP contribution in [0.25, 0.3) is 0 Å². The van der Waals surface area contributed by atoms with Gasteiger partial charge in [0.05, 0.1) is 24.1 Å². The molecule has 0 radical (unpaired) electrons. The molecule has 1 saturated heterocycles. The molecule has 7 heteroatoms. The van der Waals surface area contributed by atoms with Gasteiger partial charge in [0.15, 0.2) is 0 Å². The number of carbonyl (C=O) groups excluding carboxylic acids is 3. The number of para-hydroxylation sites is 1. The fourth-order valence-corrected chi connectivity index (χ4v) is 4.11. The molecular formula is C22H31N3O4. The molecule has 0 atom stereocenters. The highest BCUT2D eigenvalue weighted by molar-refractivity contribution is 6.22. The lowest BCUT2D eigenvalue weighted by Crippen LogP contribution is -2.47. The first kappa shape index (κ1) is 21.3. The number of carbonyl (C=O) groups is 3. The summed E-state index contributed by atoms with van der Waals surface area (Å²) in [5.41, 5.74) is 0.863. The van der Waals surface area contributed by atoms with Gasteiger partial charge in [-0.3, -0.25) is 9.59 Å². The number of amides is 3. The van der Waals surface area contributed by atoms with Crippen molar-refractivity contribution in [2.45, 2.75) is 45.4 Å². The average molecular weight is 402 g/mol. The molecule has 0 spiro atoms. The van der Waals surface area contributed by atoms with Crippen molar-refractivity contribution in [1.29, 1.82) is 0 Å². The van der Waals surface area contributed by atoms with Gasteiger partial charge < -0.3 is 15.0 Å². The van der Waals surface area contributed by atoms with Gasteiger partial charge in [-0.2, -0.15) is 0 Å². The molecule has 0 saturated carbocycles. The third kappa shape index (κ3) is 4.61. The van der Waals surface area contributed by atoms with Crippen LogP contribution in [0, 0.1) is 5.92 Å². The zero-order valence-electron chi connectivity index (χ0n) is 17.6. The van der Waals surface area contributed by atoms with E-state index in [0.717, 1.165) is 31.5 Å². The first-order valence-corrected chi connectivity index (χ1v) is 10.4. The number of hydrogen-bond donors (Lipinski definition) is 1. The van der Waals surface area contributed by atoms with Crippen molar-refractivity contribution in [1.82, 2.24) is 10.2 Å². The van der Waals surface area contributed by atoms with E-state index in [1.165, 1.54) is 4.90 Å². The van der Waals surface area contributed by atoms with Crippen LogP contribution in [-0.2, 0) is 19.7 Å². The second-order valence-electron chi connectivity index (χ2n) is 8.31. The van der Waals surface area contributed by atoms with Crippen molar-refractivity contribution >= 4 is 23.6 Å². The van der Waals surface area contributed by atoms with Gasteiger partial charge in [-0.05, 0) is 64.3 Å². The van der Waals surface area contributed by atoms with Gasteiger partial charge in [0.1, 0.15) is 0 Å². The number of likely N-dealkylation sites (tertiary alicyclic amines) is 1. The molecule has 0 unspecified atom stereocenters. The highest BCUT2D eigenvalue weighted by Gasteiger charge is 2.46. The molecule has 0 aliphatic carbocycles. The molecule has 3 rings (SSSR count). The molecule has 7 nitrogen and oxygen atoms in total. The van der Waals surface area contributed by atoms with Gasteiger partial charge in [0, 0.05) is 13.1 Å². The number of benzene rings is 1. The van der Waals surface area contributed by atoms with Gasteiger partial charge in [-0.1, -0.05) is 18.2 Å². The summed E-state index contributed by atoms with van der Waals surface area (Å²) in [4.78, 5) is 40.6. The number of imide groups is 1. The normalized spacial score (nSPS) is 19.1. The molecule has 29 heavy (non-hydrogen) atoms. The van der Waals surface area contributed by atoms with E-state index < -0.39 is 5.41 Å². The number of ether oxygens (including phenoxy) is 1. The lowest BCUT2D eigenvalue weighted by Gasteiger charge is -2.32. The first-order chi connectivity index (χ1) is 13.8. The quantitative estimate of drug-likeness (QED) is 0.742. The van der Waals surface area contributed by atoms with E-state index in [-0.39, 0.29) is 17.9 Å². The average Bonchev–Trinajstić information content (AvgIpc) is 2.92. The highest BCUT2D eigenvalue weighted by Crippen LogP contribution is 2.41. The maximum atomic E-state index is 12.8. The Morgan fingerprint density at radius 3 is 2.59 bits per heavy atom. The lowest BCUT2D eigenvalue weighted by molar-refractivity contribution is -0.143. The van der Waals surface area contributed by atoms with Crippen molar-refractivity contribution in [3.8, 4) is 0 Å². The summed E-state index contributed by atoms with van der Waals surface area (Å²) < 4.78 is 4.97. The Hall–Kier alpha value is -2.41. The van der Waals surface area contributed by atoms with Crippen LogP contribution in [0.15, 0.2) is 24.3 Å². The summed E-state index contributed by atoms with van der Waals surface area (Å²) in [5.74, 6) is 0.0316. The summed E-state index contributed by atoms with van der Waals surface area (Å²) in [7, 11) is 0. The van der Waals surface area contributed by atoms with E-state index in [1.807, 2.05) is 45.0 Å². The van der Waals surface area contributed by atoms with E-state index in [1.54, 1.807) is 0 Å². The second-order valence-corrected chi connectivity index (χ2v) is 8.31. The Balaban J connectivity index is 1.48. The number of rotatable bonds is 6. The number of nitrogens with one attached hydrogen (secondary N) is 1. The van der Waals surface area contributed by atoms with Gasteiger partial charge in [-0.25, -0.2) is 9.69 Å². The Morgan fingerprint density at radius 1 is 1.21 bits per heavy atom. The molecule has 3 amide bonds. The Kier molecular flexibility index (Phi) is 6.57. The molecule has 2 heterocycles. The lowest BCUT2D eigenvalue weighted by atomic mass is 9.86. The first-order valence-electron chi connectivity index (χ1n) is 10.4. The summed E-state index contributed by atoms with van der Waals surface area (Å²) in [5, 5.41) is 2.96. The van der Waals surface area contributed by atoms with Crippen LogP contribution in [0.1, 0.15) is 45.6 Å². The predicted molar refractivity (Wildman–Crippen MR) is 111 cm³/mol. The molecule has 2 aliphatic rings. The van der Waals surface area contributed by atoms with E-state index >= 15 is 0 Å². The minimum Gasteiger partial charge on any atom is -0.466 e. The van der Waals surface area contributed by atoms with E-state index in [0.29, 0.717) is 37.7 Å². The van der Waals surface area contributed by atoms with Crippen molar-refractivity contribution in [3.63, 3.8) is 0 Å². The van der Waals surface area contributed by atoms with Crippen LogP contribution in [-0.4, -0.2) is 55.6 Å². The smallest absolute Gasteiger partial charge is 0.328 e. The molecule has 0 bridgehead atoms. The zero-order chi connectivity index (χ0) is 21.0. The molecule has 1 fully saturated rings. The standard InChI is InChI=1S/C22H31N3O4/c1-4-29-19(26)11-14-24-12-9-16(10-13-24)15-23-21(28)25-18-8-6-5-7-17(18)22(2,3)20(25)27/h5-8,16H,4,9-15H2,1-3H3,(H,23,28). The number of fused-ring (bicyclic) bond motifs is 1. The van der Waals surface area contributed by atoms with Gasteiger partial charge in [-0.15, -0.1) is 0 Å². The minimum absolute atomic E-state index is 0.152. The van der Waals surface area contributed by atoms with Crippen molar-refractivity contribution in [2.75, 3.05) is 37.7 Å². The topological polar surface area (TPSA) is 79.0 Å². The number of esters is 1. The van der Waals surface area contributed by atoms with Crippen molar-refractivity contribution < 1.29 is 19.1 Å². The van der Waals surface area contributed by atoms with E-state index in [4.69, 9.17) is 4.74 Å². The van der Waals surface area contributed by atoms with Crippen LogP contribution in [0.4, 0.5) is 10.5 Å². The molecule has 1 aromatic rings. The van der Waals surface area contributed by atoms with Gasteiger partial charge in [0.2, 0.25) is 5.91 Å². The van der Waals surface area contributed by atoms with Gasteiger partial charge in [0.25, 0.3) is 0 Å². The monoisotopic (exact) mass is 401 g/mol. The number of nitrogens with zero attached hydrogens (tertiary/aromatic N) is 2. The third-order valence-electron chi connectivity index (χ3n) is 5.95. The summed E-state index contributed by atoms with van der Waals surface area (Å²) >= 11 is 0. The summed E-state index contributed by atoms with van der Waals surface area (Å²) in [6, 6.07) is 7.12. The van der Waals surface area contributed by atoms with E-state index in [2.05, 4.69) is 10.2 Å². The fraction of sp³-hybridized carbons (Fsp3) is 0.591. The molecule has 158 valence electrons. The fourth-order valence-electron chi connectivity index (χ4n) is 4.11. The molecule has 0 aromatic heterocycles. The maximum absolute atomic E-state index is 12.8. The van der Waals surface area contributed by atoms with Gasteiger partial charge >= 0.3 is 12.0 Å². The molecule has 2 aliphatic heterocycles. The number of urea groups is 1. The maximum Gasteiger partial charge on any atom is 0.328 e. The summed E-state index contributed by atoms with van der Waals surface area (Å²) in [6.07, 6.45) is 2.33. The number of piperidine rings is 1. The van der Waals surface area contributed by atoms with E-state index in [9.17, 15) is 14.4 Å². The summed E-state index contributed by atoms with van der Waals surface area (Å²) in [6.45, 7) is 9.01. The van der Waals surface area contributed by atoms with Crippen LogP contribution >= 0.6 is 0 Å². The third-order valence-corrected chi connectivity index (χ3v) is 5.95. The molecular weight excluding hydrogens is 370 g/mol. The number of anilines is 1. The van der Waals surface area contributed by atoms with Crippen molar-refractivity contribution in [3.05, 3.63) is 29.8 Å². The predicted octanol–water partition coefficient (Wildman–Crippen LogP) is 2.69. The Labute approximate surface area is 172 Å². The zero-order valence-corrected chi connectivity index (χ0v) is 17.6. The highest BCUT2D eigenvalue weighted by atomic mass is 16.5. The van der Waals surface area contributed by atoms with Crippen LogP contribution < -0.4 is 10.2 Å². The minimum atomic E-state index is -0.696. The Morgan fingerprint density at radius 2 is 1.90 bits per heavy atom. The Bertz CT molecular complexity index is 769. The largest absolute Gasteiger partial charge is 0.466 e. The molecule has 1 N–H and O–H groups in total.